The standard InChI is InChI=1S/C17H12F6N2O2/c18-12-3-1-2-11-10(12)6-26-8-16(11)7-25-5-9(17(21,22)23)4-13(14(25)24-16)27-15(19)20/h1-5,15H,6-8H2/t16-/m0/s1. The second-order valence-electron chi connectivity index (χ2n) is 6.32. The predicted molar refractivity (Wildman–Crippen MR) is 81.2 cm³/mol. The van der Waals surface area contributed by atoms with Crippen molar-refractivity contribution in [3.8, 4) is 0 Å². The Kier molecular flexibility index (Phi) is 3.99. The van der Waals surface area contributed by atoms with Gasteiger partial charge in [-0.25, -0.2) is 9.38 Å². The van der Waals surface area contributed by atoms with Crippen LogP contribution in [0.1, 0.15) is 11.1 Å². The molecule has 0 amide bonds. The number of fused-ring (bicyclic) bond motifs is 3. The molecule has 1 atom stereocenters. The van der Waals surface area contributed by atoms with Crippen LogP contribution in [0.4, 0.5) is 26.3 Å². The number of hydrogen-bond donors (Lipinski definition) is 0. The fourth-order valence-corrected chi connectivity index (χ4v) is 3.48. The molecule has 10 heteroatoms. The summed E-state index contributed by atoms with van der Waals surface area (Å²) in [5.41, 5.74) is -1.67. The largest absolute Gasteiger partial charge is 0.431 e. The minimum Gasteiger partial charge on any atom is -0.431 e. The Morgan fingerprint density at radius 3 is 2.74 bits per heavy atom. The molecule has 1 spiro atoms. The third-order valence-electron chi connectivity index (χ3n) is 4.58. The zero-order valence-electron chi connectivity index (χ0n) is 13.6. The van der Waals surface area contributed by atoms with Crippen LogP contribution in [-0.2, 0) is 21.6 Å². The first kappa shape index (κ1) is 17.9. The van der Waals surface area contributed by atoms with Crippen molar-refractivity contribution in [2.45, 2.75) is 24.9 Å². The molecule has 27 heavy (non-hydrogen) atoms. The third kappa shape index (κ3) is 2.97. The molecule has 0 radical (unpaired) electrons. The van der Waals surface area contributed by atoms with Gasteiger partial charge in [0.05, 0.1) is 25.3 Å². The normalized spacial score (nSPS) is 24.4. The van der Waals surface area contributed by atoms with E-state index in [1.54, 1.807) is 6.07 Å². The highest BCUT2D eigenvalue weighted by atomic mass is 19.4. The van der Waals surface area contributed by atoms with Crippen molar-refractivity contribution in [3.05, 3.63) is 58.8 Å². The lowest BCUT2D eigenvalue weighted by atomic mass is 9.86. The molecular weight excluding hydrogens is 378 g/mol. The maximum absolute atomic E-state index is 14.1. The van der Waals surface area contributed by atoms with Crippen LogP contribution >= 0.6 is 0 Å². The number of nitrogens with zero attached hydrogens (tertiary/aromatic N) is 2. The molecule has 144 valence electrons. The molecule has 0 N–H and O–H groups in total. The van der Waals surface area contributed by atoms with Gasteiger partial charge in [0.2, 0.25) is 0 Å². The molecule has 3 aliphatic heterocycles. The quantitative estimate of drug-likeness (QED) is 0.720. The molecule has 0 aliphatic carbocycles. The number of benzene rings is 1. The maximum atomic E-state index is 14.1. The number of amidine groups is 1. The van der Waals surface area contributed by atoms with E-state index in [1.165, 1.54) is 12.1 Å². The number of halogens is 6. The second kappa shape index (κ2) is 6.01. The highest BCUT2D eigenvalue weighted by molar-refractivity contribution is 6.00. The van der Waals surface area contributed by atoms with Gasteiger partial charge in [-0.3, -0.25) is 0 Å². The number of alkyl halides is 5. The number of allylic oxidation sites excluding steroid dienone is 2. The second-order valence-corrected chi connectivity index (χ2v) is 6.32. The topological polar surface area (TPSA) is 34.1 Å². The van der Waals surface area contributed by atoms with Gasteiger partial charge in [-0.2, -0.15) is 22.0 Å². The SMILES string of the molecule is Fc1cccc2c1COC[C@@]21CN2C=C(C(F)(F)F)C=C(OC(F)F)C2=N1. The maximum Gasteiger partial charge on any atom is 0.417 e. The third-order valence-corrected chi connectivity index (χ3v) is 4.58. The van der Waals surface area contributed by atoms with Crippen molar-refractivity contribution in [2.75, 3.05) is 13.2 Å². The fraction of sp³-hybridized carbons (Fsp3) is 0.353. The molecule has 0 bridgehead atoms. The Hall–Kier alpha value is -2.49. The molecule has 0 saturated heterocycles. The first-order chi connectivity index (χ1) is 12.7. The van der Waals surface area contributed by atoms with Crippen molar-refractivity contribution in [2.24, 2.45) is 4.99 Å². The average Bonchev–Trinajstić information content (AvgIpc) is 2.94. The van der Waals surface area contributed by atoms with Crippen molar-refractivity contribution in [1.29, 1.82) is 0 Å². The first-order valence-electron chi connectivity index (χ1n) is 7.88. The molecule has 1 aromatic rings. The number of ether oxygens (including phenoxy) is 2. The van der Waals surface area contributed by atoms with E-state index in [4.69, 9.17) is 4.74 Å². The van der Waals surface area contributed by atoms with E-state index in [2.05, 4.69) is 9.73 Å². The molecule has 0 unspecified atom stereocenters. The van der Waals surface area contributed by atoms with Crippen LogP contribution in [0.3, 0.4) is 0 Å². The van der Waals surface area contributed by atoms with E-state index < -0.39 is 35.5 Å². The summed E-state index contributed by atoms with van der Waals surface area (Å²) < 4.78 is 88.6. The van der Waals surface area contributed by atoms with Gasteiger partial charge in [-0.15, -0.1) is 0 Å². The van der Waals surface area contributed by atoms with Gasteiger partial charge >= 0.3 is 12.8 Å². The molecule has 4 nitrogen and oxygen atoms in total. The average molecular weight is 390 g/mol. The molecule has 1 aromatic carbocycles. The zero-order valence-corrected chi connectivity index (χ0v) is 13.6. The molecule has 4 rings (SSSR count). The minimum atomic E-state index is -4.76. The van der Waals surface area contributed by atoms with Gasteiger partial charge in [-0.1, -0.05) is 12.1 Å². The lowest BCUT2D eigenvalue weighted by Gasteiger charge is -2.33. The summed E-state index contributed by atoms with van der Waals surface area (Å²) >= 11 is 0. The molecule has 3 aliphatic rings. The summed E-state index contributed by atoms with van der Waals surface area (Å²) in [6.07, 6.45) is -3.50. The lowest BCUT2D eigenvalue weighted by molar-refractivity contribution is -0.0981. The van der Waals surface area contributed by atoms with Crippen LogP contribution in [0, 0.1) is 5.82 Å². The Morgan fingerprint density at radius 2 is 2.04 bits per heavy atom. The monoisotopic (exact) mass is 390 g/mol. The Bertz CT molecular complexity index is 877. The number of aliphatic imine (C=N–C) groups is 1. The van der Waals surface area contributed by atoms with Gasteiger partial charge < -0.3 is 14.4 Å². The van der Waals surface area contributed by atoms with Crippen LogP contribution in [-0.4, -0.2) is 36.7 Å². The molecule has 0 aromatic heterocycles. The molecule has 0 saturated carbocycles. The Labute approximate surface area is 149 Å². The van der Waals surface area contributed by atoms with Gasteiger partial charge in [0.25, 0.3) is 0 Å². The van der Waals surface area contributed by atoms with E-state index in [9.17, 15) is 26.3 Å². The summed E-state index contributed by atoms with van der Waals surface area (Å²) in [5.74, 6) is -1.40. The van der Waals surface area contributed by atoms with Gasteiger partial charge in [-0.05, 0) is 17.7 Å². The lowest BCUT2D eigenvalue weighted by Crippen LogP contribution is -2.40. The zero-order chi connectivity index (χ0) is 19.4. The predicted octanol–water partition coefficient (Wildman–Crippen LogP) is 3.85. The smallest absolute Gasteiger partial charge is 0.417 e. The van der Waals surface area contributed by atoms with Gasteiger partial charge in [0, 0.05) is 11.8 Å². The van der Waals surface area contributed by atoms with Crippen LogP contribution < -0.4 is 0 Å². The molecule has 3 heterocycles. The Morgan fingerprint density at radius 1 is 1.26 bits per heavy atom. The van der Waals surface area contributed by atoms with Crippen LogP contribution in [0.15, 0.2) is 46.8 Å². The summed E-state index contributed by atoms with van der Waals surface area (Å²) in [6.45, 7) is -3.48. The van der Waals surface area contributed by atoms with E-state index in [0.29, 0.717) is 11.6 Å². The van der Waals surface area contributed by atoms with Gasteiger partial charge in [0.1, 0.15) is 11.4 Å². The van der Waals surface area contributed by atoms with E-state index >= 15 is 0 Å². The summed E-state index contributed by atoms with van der Waals surface area (Å²) in [7, 11) is 0. The summed E-state index contributed by atoms with van der Waals surface area (Å²) in [6, 6.07) is 4.31. The van der Waals surface area contributed by atoms with E-state index in [1.807, 2.05) is 0 Å². The summed E-state index contributed by atoms with van der Waals surface area (Å²) in [4.78, 5) is 5.43. The van der Waals surface area contributed by atoms with Crippen LogP contribution in [0.5, 0.6) is 0 Å². The van der Waals surface area contributed by atoms with E-state index in [-0.39, 0.29) is 31.2 Å². The first-order valence-corrected chi connectivity index (χ1v) is 7.88. The minimum absolute atomic E-state index is 0.00548. The fourth-order valence-electron chi connectivity index (χ4n) is 3.48. The number of hydrogen-bond acceptors (Lipinski definition) is 4. The van der Waals surface area contributed by atoms with Gasteiger partial charge in [0.15, 0.2) is 11.6 Å². The van der Waals surface area contributed by atoms with Crippen molar-refractivity contribution < 1.29 is 35.8 Å². The summed E-state index contributed by atoms with van der Waals surface area (Å²) in [5, 5.41) is 0. The van der Waals surface area contributed by atoms with Crippen molar-refractivity contribution in [1.82, 2.24) is 4.90 Å². The van der Waals surface area contributed by atoms with E-state index in [0.717, 1.165) is 11.1 Å². The van der Waals surface area contributed by atoms with Crippen LogP contribution in [0.25, 0.3) is 0 Å². The highest BCUT2D eigenvalue weighted by Gasteiger charge is 2.48. The molecule has 0 fully saturated rings. The molecular formula is C17H12F6N2O2. The van der Waals surface area contributed by atoms with Crippen molar-refractivity contribution >= 4 is 5.84 Å². The highest BCUT2D eigenvalue weighted by Crippen LogP contribution is 2.43. The van der Waals surface area contributed by atoms with Crippen LogP contribution in [0.2, 0.25) is 0 Å². The Balaban J connectivity index is 1.82. The van der Waals surface area contributed by atoms with Crippen molar-refractivity contribution in [3.63, 3.8) is 0 Å². The number of rotatable bonds is 2.